The molecule has 156 valence electrons. The number of aromatic nitrogens is 1. The lowest BCUT2D eigenvalue weighted by Gasteiger charge is -2.09. The summed E-state index contributed by atoms with van der Waals surface area (Å²) >= 11 is 1.35. The topological polar surface area (TPSA) is 60.5 Å². The summed E-state index contributed by atoms with van der Waals surface area (Å²) in [6, 6.07) is 10.4. The van der Waals surface area contributed by atoms with Gasteiger partial charge < -0.3 is 14.8 Å². The number of ether oxygens (including phenoxy) is 2. The molecule has 30 heavy (non-hydrogen) atoms. The van der Waals surface area contributed by atoms with Crippen LogP contribution in [0.4, 0.5) is 8.78 Å². The van der Waals surface area contributed by atoms with Gasteiger partial charge >= 0.3 is 0 Å². The third-order valence-corrected chi connectivity index (χ3v) is 5.63. The van der Waals surface area contributed by atoms with Gasteiger partial charge in [-0.3, -0.25) is 4.79 Å². The summed E-state index contributed by atoms with van der Waals surface area (Å²) < 4.78 is 38.2. The highest BCUT2D eigenvalue weighted by atomic mass is 32.1. The van der Waals surface area contributed by atoms with E-state index in [9.17, 15) is 13.6 Å². The minimum Gasteiger partial charge on any atom is -0.489 e. The Kier molecular flexibility index (Phi) is 6.35. The first-order chi connectivity index (χ1) is 14.6. The first-order valence-corrected chi connectivity index (χ1v) is 10.5. The van der Waals surface area contributed by atoms with E-state index in [2.05, 4.69) is 10.3 Å². The molecule has 1 fully saturated rings. The van der Waals surface area contributed by atoms with E-state index < -0.39 is 11.6 Å². The Balaban J connectivity index is 1.40. The first-order valence-electron chi connectivity index (χ1n) is 9.61. The van der Waals surface area contributed by atoms with Crippen LogP contribution in [0.15, 0.2) is 47.8 Å². The minimum atomic E-state index is -0.522. The van der Waals surface area contributed by atoms with Gasteiger partial charge in [0.25, 0.3) is 5.91 Å². The van der Waals surface area contributed by atoms with Gasteiger partial charge in [0.2, 0.25) is 0 Å². The molecular weight excluding hydrogens is 410 g/mol. The summed E-state index contributed by atoms with van der Waals surface area (Å²) in [5.41, 5.74) is 1.26. The van der Waals surface area contributed by atoms with Gasteiger partial charge in [-0.05, 0) is 43.2 Å². The summed E-state index contributed by atoms with van der Waals surface area (Å²) in [6.07, 6.45) is 2.05. The van der Waals surface area contributed by atoms with Crippen LogP contribution in [0.5, 0.6) is 5.75 Å². The summed E-state index contributed by atoms with van der Waals surface area (Å²) in [4.78, 5) is 16.7. The Labute approximate surface area is 176 Å². The molecule has 1 saturated heterocycles. The van der Waals surface area contributed by atoms with E-state index in [4.69, 9.17) is 9.47 Å². The van der Waals surface area contributed by atoms with Crippen LogP contribution < -0.4 is 10.1 Å². The average molecular weight is 430 g/mol. The molecule has 5 nitrogen and oxygen atoms in total. The van der Waals surface area contributed by atoms with E-state index in [1.165, 1.54) is 11.3 Å². The number of carbonyl (C=O) groups excluding carboxylic acids is 1. The van der Waals surface area contributed by atoms with Gasteiger partial charge in [-0.25, -0.2) is 13.8 Å². The molecule has 1 aromatic heterocycles. The second-order valence-electron chi connectivity index (χ2n) is 6.94. The van der Waals surface area contributed by atoms with Gasteiger partial charge in [-0.15, -0.1) is 11.3 Å². The van der Waals surface area contributed by atoms with Crippen molar-refractivity contribution in [2.45, 2.75) is 25.6 Å². The largest absolute Gasteiger partial charge is 0.489 e. The molecule has 1 aliphatic heterocycles. The number of carbonyl (C=O) groups is 1. The number of nitrogens with zero attached hydrogens (tertiary/aromatic N) is 1. The standard InChI is InChI=1S/C22H20F2N2O3S/c23-16-6-7-19(24)15(9-16)12-29-17-4-1-3-14(10-17)22-26-20(13-30-22)21(27)25-11-18-5-2-8-28-18/h1,3-4,6-7,9-10,13,18H,2,5,8,11-12H2,(H,25,27). The Morgan fingerprint density at radius 1 is 1.27 bits per heavy atom. The zero-order chi connectivity index (χ0) is 20.9. The van der Waals surface area contributed by atoms with Gasteiger partial charge in [-0.1, -0.05) is 12.1 Å². The predicted octanol–water partition coefficient (Wildman–Crippen LogP) is 4.58. The summed E-state index contributed by atoms with van der Waals surface area (Å²) in [6.45, 7) is 1.12. The molecule has 4 rings (SSSR count). The van der Waals surface area contributed by atoms with E-state index >= 15 is 0 Å². The molecule has 0 radical (unpaired) electrons. The predicted molar refractivity (Wildman–Crippen MR) is 110 cm³/mol. The number of hydrogen-bond donors (Lipinski definition) is 1. The van der Waals surface area contributed by atoms with Crippen molar-refractivity contribution in [2.75, 3.05) is 13.2 Å². The fourth-order valence-corrected chi connectivity index (χ4v) is 3.94. The smallest absolute Gasteiger partial charge is 0.270 e. The van der Waals surface area contributed by atoms with Gasteiger partial charge in [0.05, 0.1) is 6.10 Å². The molecule has 1 aliphatic rings. The van der Waals surface area contributed by atoms with Crippen LogP contribution in [-0.2, 0) is 11.3 Å². The maximum absolute atomic E-state index is 13.8. The lowest BCUT2D eigenvalue weighted by Crippen LogP contribution is -2.31. The van der Waals surface area contributed by atoms with Gasteiger partial charge in [-0.2, -0.15) is 0 Å². The number of hydrogen-bond acceptors (Lipinski definition) is 5. The second-order valence-corrected chi connectivity index (χ2v) is 7.79. The van der Waals surface area contributed by atoms with Crippen LogP contribution >= 0.6 is 11.3 Å². The highest BCUT2D eigenvalue weighted by Crippen LogP contribution is 2.27. The number of nitrogens with one attached hydrogen (secondary N) is 1. The number of amides is 1. The van der Waals surface area contributed by atoms with Crippen molar-refractivity contribution < 1.29 is 23.0 Å². The summed E-state index contributed by atoms with van der Waals surface area (Å²) in [5.74, 6) is -0.777. The summed E-state index contributed by atoms with van der Waals surface area (Å²) in [7, 11) is 0. The molecule has 0 saturated carbocycles. The van der Waals surface area contributed by atoms with Crippen molar-refractivity contribution in [3.8, 4) is 16.3 Å². The van der Waals surface area contributed by atoms with Crippen molar-refractivity contribution >= 4 is 17.2 Å². The van der Waals surface area contributed by atoms with Crippen LogP contribution in [0.2, 0.25) is 0 Å². The van der Waals surface area contributed by atoms with Crippen LogP contribution in [0.1, 0.15) is 28.9 Å². The SMILES string of the molecule is O=C(NCC1CCCO1)c1csc(-c2cccc(OCc3cc(F)ccc3F)c2)n1. The fraction of sp³-hybridized carbons (Fsp3) is 0.273. The normalized spacial score (nSPS) is 15.9. The van der Waals surface area contributed by atoms with Crippen molar-refractivity contribution in [1.82, 2.24) is 10.3 Å². The van der Waals surface area contributed by atoms with Crippen molar-refractivity contribution in [2.24, 2.45) is 0 Å². The molecule has 0 spiro atoms. The van der Waals surface area contributed by atoms with E-state index in [0.717, 1.165) is 43.2 Å². The number of rotatable bonds is 7. The van der Waals surface area contributed by atoms with Crippen molar-refractivity contribution in [3.63, 3.8) is 0 Å². The molecule has 1 amide bonds. The lowest BCUT2D eigenvalue weighted by molar-refractivity contribution is 0.0854. The minimum absolute atomic E-state index is 0.0730. The maximum Gasteiger partial charge on any atom is 0.270 e. The van der Waals surface area contributed by atoms with Crippen LogP contribution in [0.25, 0.3) is 10.6 Å². The first kappa shape index (κ1) is 20.4. The average Bonchev–Trinajstić information content (AvgIpc) is 3.45. The fourth-order valence-electron chi connectivity index (χ4n) is 3.15. The van der Waals surface area contributed by atoms with Gasteiger partial charge in [0.1, 0.15) is 34.7 Å². The number of halogens is 2. The molecular formula is C22H20F2N2O3S. The molecule has 2 heterocycles. The monoisotopic (exact) mass is 430 g/mol. The summed E-state index contributed by atoms with van der Waals surface area (Å²) in [5, 5.41) is 5.23. The number of thiazole rings is 1. The van der Waals surface area contributed by atoms with Crippen molar-refractivity contribution in [1.29, 1.82) is 0 Å². The third-order valence-electron chi connectivity index (χ3n) is 4.73. The van der Waals surface area contributed by atoms with Gasteiger partial charge in [0, 0.05) is 29.7 Å². The molecule has 3 aromatic rings. The molecule has 1 atom stereocenters. The molecule has 0 aliphatic carbocycles. The van der Waals surface area contributed by atoms with E-state index in [1.807, 2.05) is 6.07 Å². The quantitative estimate of drug-likeness (QED) is 0.596. The highest BCUT2D eigenvalue weighted by molar-refractivity contribution is 7.13. The lowest BCUT2D eigenvalue weighted by atomic mass is 10.2. The van der Waals surface area contributed by atoms with Crippen LogP contribution in [0.3, 0.4) is 0 Å². The molecule has 0 bridgehead atoms. The Morgan fingerprint density at radius 3 is 3.00 bits per heavy atom. The van der Waals surface area contributed by atoms with Gasteiger partial charge in [0.15, 0.2) is 0 Å². The molecule has 1 unspecified atom stereocenters. The maximum atomic E-state index is 13.8. The van der Waals surface area contributed by atoms with E-state index in [0.29, 0.717) is 23.0 Å². The van der Waals surface area contributed by atoms with Crippen molar-refractivity contribution in [3.05, 3.63) is 70.7 Å². The molecule has 8 heteroatoms. The third kappa shape index (κ3) is 5.01. The Hall–Kier alpha value is -2.84. The zero-order valence-electron chi connectivity index (χ0n) is 16.1. The van der Waals surface area contributed by atoms with Crippen LogP contribution in [0, 0.1) is 11.6 Å². The Bertz CT molecular complexity index is 1030. The molecule has 1 N–H and O–H groups in total. The van der Waals surface area contributed by atoms with E-state index in [1.54, 1.807) is 23.6 Å². The van der Waals surface area contributed by atoms with E-state index in [-0.39, 0.29) is 24.2 Å². The van der Waals surface area contributed by atoms with Crippen LogP contribution in [-0.4, -0.2) is 30.1 Å². The highest BCUT2D eigenvalue weighted by Gasteiger charge is 2.18. The molecule has 2 aromatic carbocycles. The zero-order valence-corrected chi connectivity index (χ0v) is 16.9. The number of benzene rings is 2. The second kappa shape index (κ2) is 9.32. The Morgan fingerprint density at radius 2 is 2.17 bits per heavy atom.